The van der Waals surface area contributed by atoms with Crippen molar-refractivity contribution in [3.63, 3.8) is 0 Å². The zero-order valence-corrected chi connectivity index (χ0v) is 56.5. The number of halogens is 1. The van der Waals surface area contributed by atoms with Crippen LogP contribution in [0.5, 0.6) is 11.5 Å². The quantitative estimate of drug-likeness (QED) is 0.0186. The first kappa shape index (κ1) is 80.8. The van der Waals surface area contributed by atoms with Gasteiger partial charge in [0.15, 0.2) is 11.6 Å². The maximum absolute atomic E-state index is 15.4. The molecular formula is C67H88FN15O18. The molecule has 0 saturated heterocycles. The molecule has 0 fully saturated rings. The molecule has 34 heteroatoms. The standard InChI is InChI=1S/C67H88FN15O18/c1-7-37-15-17-38(18-16-37)11-10-14-46(57(70)93)72-59(95)47(28-40-21-25-43(88)26-22-40)73-60(96)49(30-54(91)92)74-61(97)50(34-84)75-62(98)55(35(2)85)78-65(101)67(6,31-41-12-8-9-13-44(41)68)79-63(99)56(36(3)86)77-53(90)33-71-58(94)48(29-52-80-82-83-81-52)76-64(100)66(4,5)32-51(89)45(69)27-39-19-23-42(87)24-20-39/h8-9,12-13,15-26,35-36,45-50,55-56,84-88H,7,10-11,14,27-34,69H2,1-6H3,(H2,70,93)(H,71,94)(H,72,95)(H,73,96)(H,74,97)(H,75,98)(H,76,100)(H,77,90)(H,78,101)(H,79,99)(H,91,92)(H,80,81,82,83)/t35-,36-,45+,46+,47+,48+,49+,50+,55+,56+,67-/m1/s1. The number of tetrazole rings is 1. The highest BCUT2D eigenvalue weighted by Crippen LogP contribution is 2.24. The van der Waals surface area contributed by atoms with Crippen molar-refractivity contribution in [1.29, 1.82) is 0 Å². The molecule has 11 atom stereocenters. The maximum atomic E-state index is 15.4. The van der Waals surface area contributed by atoms with Gasteiger partial charge in [0.1, 0.15) is 65.1 Å². The van der Waals surface area contributed by atoms with E-state index in [-0.39, 0.29) is 48.6 Å². The van der Waals surface area contributed by atoms with E-state index in [9.17, 15) is 88.2 Å². The number of benzene rings is 4. The van der Waals surface area contributed by atoms with Crippen LogP contribution in [0.3, 0.4) is 0 Å². The van der Waals surface area contributed by atoms with Crippen molar-refractivity contribution in [2.75, 3.05) is 13.2 Å². The Balaban J connectivity index is 1.28. The minimum atomic E-state index is -2.40. The normalized spacial score (nSPS) is 14.9. The van der Waals surface area contributed by atoms with Crippen LogP contribution in [-0.4, -0.2) is 201 Å². The van der Waals surface area contributed by atoms with Crippen LogP contribution in [-0.2, 0) is 96.1 Å². The predicted molar refractivity (Wildman–Crippen MR) is 357 cm³/mol. The molecule has 0 spiro atoms. The van der Waals surface area contributed by atoms with Crippen molar-refractivity contribution in [1.82, 2.24) is 68.5 Å². The lowest BCUT2D eigenvalue weighted by Gasteiger charge is -2.34. The second-order valence-corrected chi connectivity index (χ2v) is 25.2. The fourth-order valence-electron chi connectivity index (χ4n) is 10.3. The Bertz CT molecular complexity index is 3690. The van der Waals surface area contributed by atoms with E-state index in [1.54, 1.807) is 12.1 Å². The lowest BCUT2D eigenvalue weighted by molar-refractivity contribution is -0.142. The highest BCUT2D eigenvalue weighted by Gasteiger charge is 2.43. The Morgan fingerprint density at radius 1 is 0.604 bits per heavy atom. The summed E-state index contributed by atoms with van der Waals surface area (Å²) < 4.78 is 15.4. The van der Waals surface area contributed by atoms with Gasteiger partial charge in [-0.15, -0.1) is 10.2 Å². The number of H-pyrrole nitrogens is 1. The number of nitrogens with zero attached hydrogens (tertiary/aromatic N) is 3. The van der Waals surface area contributed by atoms with Crippen LogP contribution in [0.15, 0.2) is 97.1 Å². The Morgan fingerprint density at radius 3 is 1.68 bits per heavy atom. The maximum Gasteiger partial charge on any atom is 0.305 e. The van der Waals surface area contributed by atoms with Gasteiger partial charge in [-0.25, -0.2) is 4.39 Å². The zero-order chi connectivity index (χ0) is 74.9. The summed E-state index contributed by atoms with van der Waals surface area (Å²) in [6, 6.07) is 10.5. The summed E-state index contributed by atoms with van der Waals surface area (Å²) in [5.41, 5.74) is 10.8. The monoisotopic (exact) mass is 1410 g/mol. The SMILES string of the molecule is CCc1ccc(CCC[C@H](NC(=O)[C@H](Cc2ccc(O)cc2)NC(=O)[C@H](CC(=O)O)NC(=O)[C@H](CO)NC(=O)[C@@H](NC(=O)[C@@](C)(Cc2ccccc2F)NC(=O)[C@@H](NC(=O)CNC(=O)[C@H](Cc2nn[nH]n2)NC(=O)C(C)(C)CC(=O)[C@@H](N)Cc2ccc(O)cc2)[C@@H](C)O)[C@@H](C)O)C(N)=O)cc1. The third-order valence-electron chi connectivity index (χ3n) is 16.3. The van der Waals surface area contributed by atoms with E-state index in [4.69, 9.17) is 11.5 Å². The molecule has 5 rings (SSSR count). The Kier molecular flexibility index (Phi) is 30.4. The van der Waals surface area contributed by atoms with E-state index in [0.717, 1.165) is 44.4 Å². The number of carboxylic acids is 1. The third-order valence-corrected chi connectivity index (χ3v) is 16.3. The number of carbonyl (C=O) groups is 12. The van der Waals surface area contributed by atoms with Crippen LogP contribution in [0, 0.1) is 11.2 Å². The summed E-state index contributed by atoms with van der Waals surface area (Å²) in [5.74, 6) is -14.8. The van der Waals surface area contributed by atoms with Gasteiger partial charge in [0.25, 0.3) is 0 Å². The van der Waals surface area contributed by atoms with Crippen molar-refractivity contribution in [3.8, 4) is 11.5 Å². The molecule has 33 nitrogen and oxygen atoms in total. The molecule has 0 aliphatic carbocycles. The number of aryl methyl sites for hydroxylation is 2. The average Bonchev–Trinajstić information content (AvgIpc) is 1.28. The van der Waals surface area contributed by atoms with Crippen molar-refractivity contribution in [3.05, 3.63) is 137 Å². The Morgan fingerprint density at radius 2 is 1.13 bits per heavy atom. The van der Waals surface area contributed by atoms with Crippen molar-refractivity contribution < 1.29 is 92.6 Å². The fourth-order valence-corrected chi connectivity index (χ4v) is 10.3. The highest BCUT2D eigenvalue weighted by molar-refractivity contribution is 6.00. The Labute approximate surface area is 579 Å². The number of aromatic hydroxyl groups is 2. The molecule has 20 N–H and O–H groups in total. The lowest BCUT2D eigenvalue weighted by atomic mass is 9.83. The van der Waals surface area contributed by atoms with Gasteiger partial charge in [0.2, 0.25) is 59.1 Å². The van der Waals surface area contributed by atoms with Crippen LogP contribution in [0.2, 0.25) is 0 Å². The van der Waals surface area contributed by atoms with E-state index in [1.165, 1.54) is 68.4 Å². The van der Waals surface area contributed by atoms with E-state index in [1.807, 2.05) is 31.2 Å². The van der Waals surface area contributed by atoms with Gasteiger partial charge in [0, 0.05) is 25.7 Å². The molecule has 0 aliphatic heterocycles. The number of aliphatic carboxylic acids is 1. The molecule has 0 aliphatic rings. The summed E-state index contributed by atoms with van der Waals surface area (Å²) in [4.78, 5) is 164. The molecular weight excluding hydrogens is 1320 g/mol. The van der Waals surface area contributed by atoms with E-state index >= 15 is 4.39 Å². The van der Waals surface area contributed by atoms with Gasteiger partial charge in [-0.05, 0) is 111 Å². The van der Waals surface area contributed by atoms with Gasteiger partial charge in [0.05, 0.1) is 43.2 Å². The second-order valence-electron chi connectivity index (χ2n) is 25.2. The third kappa shape index (κ3) is 25.4. The van der Waals surface area contributed by atoms with Crippen LogP contribution < -0.4 is 59.3 Å². The highest BCUT2D eigenvalue weighted by atomic mass is 19.1. The van der Waals surface area contributed by atoms with Gasteiger partial charge in [-0.3, -0.25) is 57.5 Å². The summed E-state index contributed by atoms with van der Waals surface area (Å²) in [6.45, 7) is 5.77. The summed E-state index contributed by atoms with van der Waals surface area (Å²) >= 11 is 0. The Hall–Kier alpha value is -10.8. The molecule has 1 heterocycles. The molecule has 1 aromatic heterocycles. The van der Waals surface area contributed by atoms with Gasteiger partial charge in [-0.1, -0.05) is 92.7 Å². The summed E-state index contributed by atoms with van der Waals surface area (Å²) in [5, 5.41) is 95.8. The largest absolute Gasteiger partial charge is 0.508 e. The number of carboxylic acid groups (broad SMARTS) is 1. The number of nitrogens with two attached hydrogens (primary N) is 2. The van der Waals surface area contributed by atoms with Gasteiger partial charge in [-0.2, -0.15) is 5.21 Å². The van der Waals surface area contributed by atoms with Crippen LogP contribution in [0.25, 0.3) is 0 Å². The first-order valence-corrected chi connectivity index (χ1v) is 32.2. The number of aromatic nitrogens is 4. The first-order chi connectivity index (χ1) is 47.6. The number of carbonyl (C=O) groups excluding carboxylic acids is 11. The van der Waals surface area contributed by atoms with Crippen LogP contribution in [0.1, 0.15) is 101 Å². The minimum Gasteiger partial charge on any atom is -0.508 e. The zero-order valence-electron chi connectivity index (χ0n) is 56.5. The number of amides is 10. The predicted octanol–water partition coefficient (Wildman–Crippen LogP) is -2.98. The van der Waals surface area contributed by atoms with E-state index < -0.39 is 181 Å². The number of rotatable bonds is 40. The summed E-state index contributed by atoms with van der Waals surface area (Å²) in [7, 11) is 0. The van der Waals surface area contributed by atoms with E-state index in [0.29, 0.717) is 24.0 Å². The number of aromatic amines is 1. The molecule has 101 heavy (non-hydrogen) atoms. The smallest absolute Gasteiger partial charge is 0.305 e. The fraction of sp³-hybridized carbons (Fsp3) is 0.448. The minimum absolute atomic E-state index is 0.00507. The number of aliphatic hydroxyl groups is 3. The molecule has 10 amide bonds. The number of hydrogen-bond acceptors (Lipinski definition) is 21. The average molecular weight is 1410 g/mol. The van der Waals surface area contributed by atoms with Crippen molar-refractivity contribution in [2.45, 2.75) is 172 Å². The lowest BCUT2D eigenvalue weighted by Crippen LogP contribution is -2.67. The molecule has 0 bridgehead atoms. The number of phenols is 2. The molecule has 546 valence electrons. The van der Waals surface area contributed by atoms with Gasteiger partial charge >= 0.3 is 5.97 Å². The molecule has 5 aromatic rings. The number of hydrogen-bond donors (Lipinski definition) is 18. The molecule has 4 aromatic carbocycles. The number of Topliss-reactive ketones (excluding diaryl/α,β-unsaturated/α-hetero) is 1. The topological polar surface area (TPSA) is 541 Å². The molecule has 0 radical (unpaired) electrons. The van der Waals surface area contributed by atoms with Crippen LogP contribution >= 0.6 is 0 Å². The van der Waals surface area contributed by atoms with Crippen molar-refractivity contribution >= 4 is 70.8 Å². The molecule has 0 unspecified atom stereocenters. The number of ketones is 1. The van der Waals surface area contributed by atoms with E-state index in [2.05, 4.69) is 68.5 Å². The van der Waals surface area contributed by atoms with Gasteiger partial charge < -0.3 is 90.0 Å². The number of primary amides is 1. The number of aliphatic hydroxyl groups excluding tert-OH is 3. The second kappa shape index (κ2) is 37.9. The number of nitrogens with one attached hydrogen (secondary N) is 10. The van der Waals surface area contributed by atoms with Crippen molar-refractivity contribution in [2.24, 2.45) is 16.9 Å². The first-order valence-electron chi connectivity index (χ1n) is 32.2. The van der Waals surface area contributed by atoms with Crippen LogP contribution in [0.4, 0.5) is 4.39 Å². The number of phenolic OH excluding ortho intramolecular Hbond substituents is 2. The summed E-state index contributed by atoms with van der Waals surface area (Å²) in [6.07, 6.45) is -4.81. The molecule has 0 saturated carbocycles.